The quantitative estimate of drug-likeness (QED) is 0.843. The zero-order chi connectivity index (χ0) is 13.0. The standard InChI is InChI=1S/C13H12FN3O/c1-17-9-10(8-15-17)6-7-13(18)16-12-5-3-2-4-11(12)14/h2-9H,1H3,(H,16,18)/b7-6+. The van der Waals surface area contributed by atoms with Crippen molar-refractivity contribution in [1.29, 1.82) is 0 Å². The lowest BCUT2D eigenvalue weighted by Crippen LogP contribution is -2.08. The second-order valence-corrected chi connectivity index (χ2v) is 3.75. The number of aryl methyl sites for hydroxylation is 1. The predicted octanol–water partition coefficient (Wildman–Crippen LogP) is 2.21. The molecule has 1 aromatic carbocycles. The van der Waals surface area contributed by atoms with Gasteiger partial charge in [-0.1, -0.05) is 12.1 Å². The molecule has 18 heavy (non-hydrogen) atoms. The van der Waals surface area contributed by atoms with Crippen LogP contribution in [-0.4, -0.2) is 15.7 Å². The van der Waals surface area contributed by atoms with Gasteiger partial charge in [0.2, 0.25) is 5.91 Å². The van der Waals surface area contributed by atoms with Gasteiger partial charge in [0.1, 0.15) is 5.82 Å². The van der Waals surface area contributed by atoms with E-state index in [1.807, 2.05) is 0 Å². The van der Waals surface area contributed by atoms with Crippen LogP contribution in [0.15, 0.2) is 42.7 Å². The molecule has 2 rings (SSSR count). The number of hydrogen-bond donors (Lipinski definition) is 1. The van der Waals surface area contributed by atoms with Crippen LogP contribution in [0.25, 0.3) is 6.08 Å². The van der Waals surface area contributed by atoms with Crippen LogP contribution in [0.3, 0.4) is 0 Å². The van der Waals surface area contributed by atoms with E-state index < -0.39 is 5.82 Å². The summed E-state index contributed by atoms with van der Waals surface area (Å²) < 4.78 is 14.9. The summed E-state index contributed by atoms with van der Waals surface area (Å²) in [5.74, 6) is -0.843. The first kappa shape index (κ1) is 12.0. The van der Waals surface area contributed by atoms with Gasteiger partial charge in [-0.05, 0) is 18.2 Å². The highest BCUT2D eigenvalue weighted by atomic mass is 19.1. The Morgan fingerprint density at radius 2 is 2.22 bits per heavy atom. The Labute approximate surface area is 104 Å². The van der Waals surface area contributed by atoms with Gasteiger partial charge in [-0.3, -0.25) is 9.48 Å². The molecule has 0 unspecified atom stereocenters. The van der Waals surface area contributed by atoms with Crippen molar-refractivity contribution >= 4 is 17.7 Å². The number of hydrogen-bond acceptors (Lipinski definition) is 2. The molecule has 0 radical (unpaired) electrons. The van der Waals surface area contributed by atoms with E-state index in [0.717, 1.165) is 5.56 Å². The summed E-state index contributed by atoms with van der Waals surface area (Å²) in [4.78, 5) is 11.6. The fourth-order valence-electron chi connectivity index (χ4n) is 1.44. The van der Waals surface area contributed by atoms with Crippen molar-refractivity contribution in [2.45, 2.75) is 0 Å². The molecule has 2 aromatic rings. The maximum atomic E-state index is 13.3. The van der Waals surface area contributed by atoms with Gasteiger partial charge in [-0.15, -0.1) is 0 Å². The highest BCUT2D eigenvalue weighted by Gasteiger charge is 2.02. The molecule has 0 fully saturated rings. The van der Waals surface area contributed by atoms with Crippen LogP contribution in [0.2, 0.25) is 0 Å². The summed E-state index contributed by atoms with van der Waals surface area (Å²) in [6, 6.07) is 6.02. The molecule has 1 aromatic heterocycles. The van der Waals surface area contributed by atoms with E-state index in [0.29, 0.717) is 0 Å². The molecule has 0 atom stereocenters. The van der Waals surface area contributed by atoms with Crippen LogP contribution in [0.4, 0.5) is 10.1 Å². The van der Waals surface area contributed by atoms with Gasteiger partial charge in [0.15, 0.2) is 0 Å². The van der Waals surface area contributed by atoms with Crippen molar-refractivity contribution in [2.24, 2.45) is 7.05 Å². The van der Waals surface area contributed by atoms with E-state index in [1.54, 1.807) is 42.3 Å². The normalized spacial score (nSPS) is 10.8. The zero-order valence-electron chi connectivity index (χ0n) is 9.80. The number of nitrogens with zero attached hydrogens (tertiary/aromatic N) is 2. The third-order valence-corrected chi connectivity index (χ3v) is 2.28. The predicted molar refractivity (Wildman–Crippen MR) is 67.3 cm³/mol. The van der Waals surface area contributed by atoms with Crippen LogP contribution < -0.4 is 5.32 Å². The highest BCUT2D eigenvalue weighted by molar-refractivity contribution is 6.01. The van der Waals surface area contributed by atoms with E-state index >= 15 is 0 Å². The summed E-state index contributed by atoms with van der Waals surface area (Å²) >= 11 is 0. The Kier molecular flexibility index (Phi) is 3.52. The molecule has 0 aliphatic carbocycles. The smallest absolute Gasteiger partial charge is 0.248 e. The zero-order valence-corrected chi connectivity index (χ0v) is 9.80. The molecule has 1 N–H and O–H groups in total. The summed E-state index contributed by atoms with van der Waals surface area (Å²) in [5, 5.41) is 6.43. The fourth-order valence-corrected chi connectivity index (χ4v) is 1.44. The Balaban J connectivity index is 2.01. The lowest BCUT2D eigenvalue weighted by molar-refractivity contribution is -0.111. The molecule has 5 heteroatoms. The summed E-state index contributed by atoms with van der Waals surface area (Å²) in [6.07, 6.45) is 6.35. The topological polar surface area (TPSA) is 46.9 Å². The van der Waals surface area contributed by atoms with E-state index in [9.17, 15) is 9.18 Å². The van der Waals surface area contributed by atoms with Crippen molar-refractivity contribution in [3.8, 4) is 0 Å². The molecule has 0 spiro atoms. The molecular formula is C13H12FN3O. The molecule has 92 valence electrons. The number of halogens is 1. The average molecular weight is 245 g/mol. The average Bonchev–Trinajstić information content (AvgIpc) is 2.76. The highest BCUT2D eigenvalue weighted by Crippen LogP contribution is 2.12. The Morgan fingerprint density at radius 1 is 1.44 bits per heavy atom. The van der Waals surface area contributed by atoms with E-state index in [-0.39, 0.29) is 11.6 Å². The first-order valence-electron chi connectivity index (χ1n) is 5.37. The van der Waals surface area contributed by atoms with Crippen molar-refractivity contribution < 1.29 is 9.18 Å². The molecule has 0 bridgehead atoms. The number of carbonyl (C=O) groups excluding carboxylic acids is 1. The molecule has 0 aliphatic heterocycles. The monoisotopic (exact) mass is 245 g/mol. The Bertz CT molecular complexity index is 589. The lowest BCUT2D eigenvalue weighted by atomic mass is 10.3. The molecule has 0 saturated heterocycles. The first-order valence-corrected chi connectivity index (χ1v) is 5.37. The van der Waals surface area contributed by atoms with Crippen LogP contribution in [0.1, 0.15) is 5.56 Å². The van der Waals surface area contributed by atoms with E-state index in [1.165, 1.54) is 18.2 Å². The SMILES string of the molecule is Cn1cc(/C=C/C(=O)Nc2ccccc2F)cn1. The van der Waals surface area contributed by atoms with Crippen molar-refractivity contribution in [1.82, 2.24) is 9.78 Å². The number of amides is 1. The van der Waals surface area contributed by atoms with Crippen molar-refractivity contribution in [3.05, 3.63) is 54.1 Å². The fraction of sp³-hybridized carbons (Fsp3) is 0.0769. The van der Waals surface area contributed by atoms with E-state index in [2.05, 4.69) is 10.4 Å². The van der Waals surface area contributed by atoms with Gasteiger partial charge in [0.05, 0.1) is 11.9 Å². The van der Waals surface area contributed by atoms with Crippen LogP contribution in [0, 0.1) is 5.82 Å². The van der Waals surface area contributed by atoms with Crippen LogP contribution in [0.5, 0.6) is 0 Å². The molecular weight excluding hydrogens is 233 g/mol. The van der Waals surface area contributed by atoms with Crippen LogP contribution >= 0.6 is 0 Å². The Morgan fingerprint density at radius 3 is 2.89 bits per heavy atom. The molecule has 4 nitrogen and oxygen atoms in total. The maximum Gasteiger partial charge on any atom is 0.248 e. The van der Waals surface area contributed by atoms with Gasteiger partial charge >= 0.3 is 0 Å². The number of anilines is 1. The largest absolute Gasteiger partial charge is 0.320 e. The summed E-state index contributed by atoms with van der Waals surface area (Å²) in [6.45, 7) is 0. The first-order chi connectivity index (χ1) is 8.65. The van der Waals surface area contributed by atoms with Gasteiger partial charge in [0, 0.05) is 24.9 Å². The second kappa shape index (κ2) is 5.27. The number of rotatable bonds is 3. The van der Waals surface area contributed by atoms with Crippen molar-refractivity contribution in [3.63, 3.8) is 0 Å². The number of aromatic nitrogens is 2. The number of carbonyl (C=O) groups is 1. The van der Waals surface area contributed by atoms with Gasteiger partial charge < -0.3 is 5.32 Å². The minimum atomic E-state index is -0.458. The number of para-hydroxylation sites is 1. The van der Waals surface area contributed by atoms with E-state index in [4.69, 9.17) is 0 Å². The van der Waals surface area contributed by atoms with Gasteiger partial charge in [-0.25, -0.2) is 4.39 Å². The molecule has 0 aliphatic rings. The van der Waals surface area contributed by atoms with Gasteiger partial charge in [-0.2, -0.15) is 5.10 Å². The van der Waals surface area contributed by atoms with Gasteiger partial charge in [0.25, 0.3) is 0 Å². The number of nitrogens with one attached hydrogen (secondary N) is 1. The molecule has 1 amide bonds. The molecule has 0 saturated carbocycles. The second-order valence-electron chi connectivity index (χ2n) is 3.75. The summed E-state index contributed by atoms with van der Waals surface area (Å²) in [5.41, 5.74) is 0.972. The lowest BCUT2D eigenvalue weighted by Gasteiger charge is -2.02. The van der Waals surface area contributed by atoms with Crippen molar-refractivity contribution in [2.75, 3.05) is 5.32 Å². The molecule has 1 heterocycles. The Hall–Kier alpha value is -2.43. The minimum absolute atomic E-state index is 0.165. The minimum Gasteiger partial charge on any atom is -0.320 e. The number of benzene rings is 1. The summed E-state index contributed by atoms with van der Waals surface area (Å²) in [7, 11) is 1.79. The van der Waals surface area contributed by atoms with Crippen LogP contribution in [-0.2, 0) is 11.8 Å². The third kappa shape index (κ3) is 3.04. The third-order valence-electron chi connectivity index (χ3n) is 2.28. The maximum absolute atomic E-state index is 13.3.